The maximum Gasteiger partial charge on any atom is 0.240 e. The van der Waals surface area contributed by atoms with Crippen LogP contribution in [0.25, 0.3) is 0 Å². The van der Waals surface area contributed by atoms with E-state index < -0.39 is 10.0 Å². The Bertz CT molecular complexity index is 1060. The molecule has 1 saturated heterocycles. The molecule has 1 fully saturated rings. The first-order valence-corrected chi connectivity index (χ1v) is 12.8. The zero-order chi connectivity index (χ0) is 24.6. The Morgan fingerprint density at radius 2 is 1.47 bits per heavy atom. The third kappa shape index (κ3) is 7.91. The summed E-state index contributed by atoms with van der Waals surface area (Å²) >= 11 is 0. The molecule has 184 valence electrons. The van der Waals surface area contributed by atoms with Gasteiger partial charge in [-0.3, -0.25) is 14.5 Å². The van der Waals surface area contributed by atoms with Crippen LogP contribution in [0.2, 0.25) is 0 Å². The molecule has 1 aliphatic heterocycles. The standard InChI is InChI=1S/C24H32N4O5S/c1-18(2)19-3-9-22(10-4-19)34(31,32)25-12-11-23(29)26-20-5-7-21(8-6-20)27-24(30)17-28-13-15-33-16-14-28/h3-10,18,25H,11-17H2,1-2H3,(H,26,29)(H,27,30). The van der Waals surface area contributed by atoms with Crippen molar-refractivity contribution in [1.82, 2.24) is 9.62 Å². The number of nitrogens with zero attached hydrogens (tertiary/aromatic N) is 1. The van der Waals surface area contributed by atoms with Gasteiger partial charge in [-0.2, -0.15) is 0 Å². The topological polar surface area (TPSA) is 117 Å². The molecule has 0 aliphatic carbocycles. The van der Waals surface area contributed by atoms with E-state index in [2.05, 4.69) is 15.4 Å². The summed E-state index contributed by atoms with van der Waals surface area (Å²) in [5.74, 6) is -0.111. The van der Waals surface area contributed by atoms with Crippen molar-refractivity contribution in [2.24, 2.45) is 0 Å². The van der Waals surface area contributed by atoms with Crippen molar-refractivity contribution < 1.29 is 22.7 Å². The SMILES string of the molecule is CC(C)c1ccc(S(=O)(=O)NCCC(=O)Nc2ccc(NC(=O)CN3CCOCC3)cc2)cc1. The number of rotatable bonds is 10. The maximum atomic E-state index is 12.4. The van der Waals surface area contributed by atoms with Gasteiger partial charge in [-0.15, -0.1) is 0 Å². The lowest BCUT2D eigenvalue weighted by Crippen LogP contribution is -2.41. The molecule has 3 N–H and O–H groups in total. The second-order valence-corrected chi connectivity index (χ2v) is 10.2. The van der Waals surface area contributed by atoms with Gasteiger partial charge in [-0.1, -0.05) is 26.0 Å². The average Bonchev–Trinajstić information content (AvgIpc) is 2.81. The van der Waals surface area contributed by atoms with Gasteiger partial charge in [-0.25, -0.2) is 13.1 Å². The van der Waals surface area contributed by atoms with E-state index in [9.17, 15) is 18.0 Å². The fourth-order valence-electron chi connectivity index (χ4n) is 3.44. The predicted octanol–water partition coefficient (Wildman–Crippen LogP) is 2.39. The van der Waals surface area contributed by atoms with Gasteiger partial charge in [0, 0.05) is 37.4 Å². The number of hydrogen-bond acceptors (Lipinski definition) is 6. The number of sulfonamides is 1. The number of carbonyl (C=O) groups excluding carboxylic acids is 2. The minimum absolute atomic E-state index is 0.0126. The molecule has 1 aliphatic rings. The number of benzene rings is 2. The highest BCUT2D eigenvalue weighted by Crippen LogP contribution is 2.17. The van der Waals surface area contributed by atoms with E-state index in [-0.39, 0.29) is 29.7 Å². The molecular formula is C24H32N4O5S. The van der Waals surface area contributed by atoms with Crippen molar-refractivity contribution in [3.63, 3.8) is 0 Å². The van der Waals surface area contributed by atoms with Crippen molar-refractivity contribution in [2.75, 3.05) is 50.0 Å². The van der Waals surface area contributed by atoms with Gasteiger partial charge in [0.1, 0.15) is 0 Å². The van der Waals surface area contributed by atoms with E-state index in [1.54, 1.807) is 48.5 Å². The quantitative estimate of drug-likeness (QED) is 0.473. The van der Waals surface area contributed by atoms with Gasteiger partial charge in [0.2, 0.25) is 21.8 Å². The summed E-state index contributed by atoms with van der Waals surface area (Å²) in [7, 11) is -3.68. The minimum atomic E-state index is -3.68. The van der Waals surface area contributed by atoms with Crippen LogP contribution in [-0.4, -0.2) is 64.5 Å². The molecular weight excluding hydrogens is 456 g/mol. The van der Waals surface area contributed by atoms with E-state index in [0.29, 0.717) is 37.1 Å². The summed E-state index contributed by atoms with van der Waals surface area (Å²) in [6, 6.07) is 13.5. The summed E-state index contributed by atoms with van der Waals surface area (Å²) in [6.07, 6.45) is -0.0126. The van der Waals surface area contributed by atoms with Gasteiger partial charge < -0.3 is 15.4 Å². The normalized spacial score (nSPS) is 14.7. The zero-order valence-corrected chi connectivity index (χ0v) is 20.4. The van der Waals surface area contributed by atoms with Crippen molar-refractivity contribution in [3.05, 3.63) is 54.1 Å². The van der Waals surface area contributed by atoms with E-state index >= 15 is 0 Å². The Labute approximate surface area is 200 Å². The Morgan fingerprint density at radius 3 is 2.03 bits per heavy atom. The first kappa shape index (κ1) is 25.8. The number of carbonyl (C=O) groups is 2. The smallest absolute Gasteiger partial charge is 0.240 e. The van der Waals surface area contributed by atoms with Gasteiger partial charge in [-0.05, 0) is 47.9 Å². The summed E-state index contributed by atoms with van der Waals surface area (Å²) in [6.45, 7) is 7.10. The van der Waals surface area contributed by atoms with E-state index in [4.69, 9.17) is 4.74 Å². The van der Waals surface area contributed by atoms with Crippen LogP contribution >= 0.6 is 0 Å². The molecule has 2 amide bonds. The molecule has 2 aromatic carbocycles. The van der Waals surface area contributed by atoms with Crippen LogP contribution in [0.1, 0.15) is 31.7 Å². The largest absolute Gasteiger partial charge is 0.379 e. The van der Waals surface area contributed by atoms with Crippen LogP contribution in [0.5, 0.6) is 0 Å². The molecule has 0 radical (unpaired) electrons. The highest BCUT2D eigenvalue weighted by atomic mass is 32.2. The van der Waals surface area contributed by atoms with Crippen molar-refractivity contribution >= 4 is 33.2 Å². The Kier molecular flexibility index (Phi) is 9.17. The molecule has 0 bridgehead atoms. The Balaban J connectivity index is 1.41. The van der Waals surface area contributed by atoms with Crippen molar-refractivity contribution in [2.45, 2.75) is 31.1 Å². The highest BCUT2D eigenvalue weighted by Gasteiger charge is 2.16. The Morgan fingerprint density at radius 1 is 0.912 bits per heavy atom. The van der Waals surface area contributed by atoms with Crippen LogP contribution in [0.4, 0.5) is 11.4 Å². The number of ether oxygens (including phenoxy) is 1. The molecule has 0 spiro atoms. The van der Waals surface area contributed by atoms with E-state index in [1.165, 1.54) is 0 Å². The second-order valence-electron chi connectivity index (χ2n) is 8.43. The monoisotopic (exact) mass is 488 g/mol. The minimum Gasteiger partial charge on any atom is -0.379 e. The Hall–Kier alpha value is -2.79. The number of morpholine rings is 1. The molecule has 2 aromatic rings. The van der Waals surface area contributed by atoms with Crippen molar-refractivity contribution in [3.8, 4) is 0 Å². The average molecular weight is 489 g/mol. The molecule has 34 heavy (non-hydrogen) atoms. The molecule has 3 rings (SSSR count). The fraction of sp³-hybridized carbons (Fsp3) is 0.417. The van der Waals surface area contributed by atoms with E-state index in [0.717, 1.165) is 18.7 Å². The summed E-state index contributed by atoms with van der Waals surface area (Å²) < 4.78 is 32.6. The number of anilines is 2. The molecule has 0 unspecified atom stereocenters. The third-order valence-electron chi connectivity index (χ3n) is 5.42. The number of hydrogen-bond donors (Lipinski definition) is 3. The van der Waals surface area contributed by atoms with Crippen LogP contribution in [0, 0.1) is 0 Å². The molecule has 9 nitrogen and oxygen atoms in total. The van der Waals surface area contributed by atoms with Crippen LogP contribution in [0.15, 0.2) is 53.4 Å². The fourth-order valence-corrected chi connectivity index (χ4v) is 4.47. The molecule has 0 saturated carbocycles. The summed E-state index contributed by atoms with van der Waals surface area (Å²) in [4.78, 5) is 26.6. The van der Waals surface area contributed by atoms with Gasteiger partial charge in [0.15, 0.2) is 0 Å². The zero-order valence-electron chi connectivity index (χ0n) is 19.5. The van der Waals surface area contributed by atoms with Crippen LogP contribution < -0.4 is 15.4 Å². The highest BCUT2D eigenvalue weighted by molar-refractivity contribution is 7.89. The summed E-state index contributed by atoms with van der Waals surface area (Å²) in [5.41, 5.74) is 2.25. The first-order valence-electron chi connectivity index (χ1n) is 11.3. The van der Waals surface area contributed by atoms with Crippen LogP contribution in [0.3, 0.4) is 0 Å². The predicted molar refractivity (Wildman–Crippen MR) is 131 cm³/mol. The first-order chi connectivity index (χ1) is 16.2. The molecule has 1 heterocycles. The van der Waals surface area contributed by atoms with Gasteiger partial charge in [0.25, 0.3) is 0 Å². The third-order valence-corrected chi connectivity index (χ3v) is 6.90. The van der Waals surface area contributed by atoms with Crippen LogP contribution in [-0.2, 0) is 24.3 Å². The lowest BCUT2D eigenvalue weighted by Gasteiger charge is -2.25. The molecule has 10 heteroatoms. The number of amides is 2. The van der Waals surface area contributed by atoms with Gasteiger partial charge in [0.05, 0.1) is 24.7 Å². The molecule has 0 aromatic heterocycles. The maximum absolute atomic E-state index is 12.4. The lowest BCUT2D eigenvalue weighted by atomic mass is 10.0. The molecule has 0 atom stereocenters. The van der Waals surface area contributed by atoms with E-state index in [1.807, 2.05) is 18.7 Å². The summed E-state index contributed by atoms with van der Waals surface area (Å²) in [5, 5.41) is 5.56. The lowest BCUT2D eigenvalue weighted by molar-refractivity contribution is -0.118. The van der Waals surface area contributed by atoms with Gasteiger partial charge >= 0.3 is 0 Å². The van der Waals surface area contributed by atoms with Crippen molar-refractivity contribution in [1.29, 1.82) is 0 Å². The second kappa shape index (κ2) is 12.1. The number of nitrogens with one attached hydrogen (secondary N) is 3.